The molecular weight excluding hydrogens is 623 g/mol. The second-order valence-corrected chi connectivity index (χ2v) is 11.9. The maximum absolute atomic E-state index is 14.2. The predicted octanol–water partition coefficient (Wildman–Crippen LogP) is 3.72. The molecule has 2 aliphatic heterocycles. The summed E-state index contributed by atoms with van der Waals surface area (Å²) in [5, 5.41) is 4.25. The maximum atomic E-state index is 14.2. The molecule has 0 radical (unpaired) electrons. The number of halogens is 2. The highest BCUT2D eigenvalue weighted by atomic mass is 35.5. The summed E-state index contributed by atoms with van der Waals surface area (Å²) in [7, 11) is 2.95. The van der Waals surface area contributed by atoms with Crippen LogP contribution in [0.1, 0.15) is 13.8 Å². The fraction of sp³-hybridized carbons (Fsp3) is 0.484. The van der Waals surface area contributed by atoms with Crippen LogP contribution >= 0.6 is 23.2 Å². The summed E-state index contributed by atoms with van der Waals surface area (Å²) >= 11 is 13.4. The third-order valence-corrected chi connectivity index (χ3v) is 8.48. The number of ether oxygens (including phenoxy) is 4. The summed E-state index contributed by atoms with van der Waals surface area (Å²) in [6, 6.07) is 3.25. The van der Waals surface area contributed by atoms with Gasteiger partial charge in [-0.1, -0.05) is 28.8 Å². The lowest BCUT2D eigenvalue weighted by atomic mass is 10.0. The van der Waals surface area contributed by atoms with Crippen molar-refractivity contribution in [2.24, 2.45) is 0 Å². The molecule has 4 heterocycles. The zero-order valence-corrected chi connectivity index (χ0v) is 27.4. The van der Waals surface area contributed by atoms with Gasteiger partial charge in [-0.25, -0.2) is 4.98 Å². The van der Waals surface area contributed by atoms with E-state index in [4.69, 9.17) is 47.1 Å². The number of methoxy groups -OCH3 is 2. The van der Waals surface area contributed by atoms with Crippen molar-refractivity contribution in [2.75, 3.05) is 78.6 Å². The number of aromatic nitrogens is 3. The van der Waals surface area contributed by atoms with Crippen molar-refractivity contribution in [1.29, 1.82) is 0 Å². The number of pyridine rings is 1. The third kappa shape index (κ3) is 7.53. The second kappa shape index (κ2) is 14.8. The van der Waals surface area contributed by atoms with Gasteiger partial charge in [0.05, 0.1) is 62.3 Å². The zero-order valence-electron chi connectivity index (χ0n) is 25.9. The molecule has 2 aromatic heterocycles. The number of nitrogens with zero attached hydrogens (tertiary/aromatic N) is 5. The molecule has 0 saturated carbocycles. The Kier molecular flexibility index (Phi) is 10.8. The van der Waals surface area contributed by atoms with Crippen molar-refractivity contribution in [2.45, 2.75) is 26.5 Å². The van der Waals surface area contributed by atoms with Crippen LogP contribution < -0.4 is 20.3 Å². The van der Waals surface area contributed by atoms with E-state index in [0.717, 1.165) is 38.4 Å². The van der Waals surface area contributed by atoms with Crippen molar-refractivity contribution in [1.82, 2.24) is 24.3 Å². The smallest absolute Gasteiger partial charge is 0.260 e. The summed E-state index contributed by atoms with van der Waals surface area (Å²) in [6.07, 6.45) is 3.16. The first-order chi connectivity index (χ1) is 21.7. The van der Waals surface area contributed by atoms with Gasteiger partial charge in [0.25, 0.3) is 5.56 Å². The number of rotatable bonds is 12. The number of benzene rings is 1. The standard InChI is InChI=1S/C31H38Cl2N6O6/c1-19(2)13-25(40)38-17-21(18-38)45-12-9-39-29-20(16-35-31(36-29)34-5-6-37-7-10-44-11-8-37)14-22(30(39)41)26-27(32)23(42-3)15-24(43-4)28(26)33/h13-16,21H,5-12,17-18H2,1-4H3,(H,34,35,36). The van der Waals surface area contributed by atoms with Gasteiger partial charge < -0.3 is 29.2 Å². The zero-order chi connectivity index (χ0) is 32.1. The van der Waals surface area contributed by atoms with E-state index in [1.807, 2.05) is 13.8 Å². The monoisotopic (exact) mass is 660 g/mol. The van der Waals surface area contributed by atoms with Gasteiger partial charge in [-0.3, -0.25) is 19.1 Å². The largest absolute Gasteiger partial charge is 0.495 e. The number of anilines is 1. The first-order valence-electron chi connectivity index (χ1n) is 14.8. The molecule has 1 aromatic carbocycles. The van der Waals surface area contributed by atoms with Crippen molar-refractivity contribution in [3.63, 3.8) is 0 Å². The number of hydrogen-bond acceptors (Lipinski definition) is 10. The Hall–Kier alpha value is -3.42. The quantitative estimate of drug-likeness (QED) is 0.288. The highest BCUT2D eigenvalue weighted by molar-refractivity contribution is 6.41. The summed E-state index contributed by atoms with van der Waals surface area (Å²) in [5.74, 6) is 1.01. The van der Waals surface area contributed by atoms with Gasteiger partial charge >= 0.3 is 0 Å². The molecule has 5 rings (SSSR count). The molecule has 2 saturated heterocycles. The minimum atomic E-state index is -0.364. The number of nitrogens with one attached hydrogen (secondary N) is 1. The summed E-state index contributed by atoms with van der Waals surface area (Å²) in [6.45, 7) is 9.83. The maximum Gasteiger partial charge on any atom is 0.260 e. The summed E-state index contributed by atoms with van der Waals surface area (Å²) < 4.78 is 23.9. The Morgan fingerprint density at radius 1 is 1.09 bits per heavy atom. The fourth-order valence-corrected chi connectivity index (χ4v) is 5.98. The number of amides is 1. The molecular formula is C31H38Cl2N6O6. The Morgan fingerprint density at radius 2 is 1.78 bits per heavy atom. The van der Waals surface area contributed by atoms with E-state index < -0.39 is 0 Å². The molecule has 0 unspecified atom stereocenters. The van der Waals surface area contributed by atoms with Crippen LogP contribution in [-0.4, -0.2) is 110 Å². The summed E-state index contributed by atoms with van der Waals surface area (Å²) in [5.41, 5.74) is 1.55. The molecule has 2 fully saturated rings. The lowest BCUT2D eigenvalue weighted by Crippen LogP contribution is -2.54. The minimum absolute atomic E-state index is 0.0300. The van der Waals surface area contributed by atoms with Gasteiger partial charge in [-0.05, 0) is 19.9 Å². The van der Waals surface area contributed by atoms with E-state index in [-0.39, 0.29) is 51.9 Å². The van der Waals surface area contributed by atoms with Crippen LogP contribution in [0.15, 0.2) is 34.8 Å². The topological polar surface area (TPSA) is 120 Å². The highest BCUT2D eigenvalue weighted by Gasteiger charge is 2.30. The fourth-order valence-electron chi connectivity index (χ4n) is 5.28. The van der Waals surface area contributed by atoms with Crippen LogP contribution in [0.3, 0.4) is 0 Å². The number of morpholine rings is 1. The lowest BCUT2D eigenvalue weighted by molar-refractivity contribution is -0.139. The second-order valence-electron chi connectivity index (χ2n) is 11.1. The van der Waals surface area contributed by atoms with Crippen molar-refractivity contribution >= 4 is 46.1 Å². The molecule has 0 aliphatic carbocycles. The number of fused-ring (bicyclic) bond motifs is 1. The molecule has 2 aliphatic rings. The first-order valence-corrected chi connectivity index (χ1v) is 15.6. The van der Waals surface area contributed by atoms with Gasteiger partial charge in [0, 0.05) is 68.6 Å². The van der Waals surface area contributed by atoms with E-state index in [9.17, 15) is 9.59 Å². The first kappa shape index (κ1) is 33.0. The number of allylic oxidation sites excluding steroid dienone is 1. The van der Waals surface area contributed by atoms with Gasteiger partial charge in [0.2, 0.25) is 11.9 Å². The number of carbonyl (C=O) groups excluding carboxylic acids is 1. The average molecular weight is 662 g/mol. The molecule has 1 N–H and O–H groups in total. The number of carbonyl (C=O) groups is 1. The Labute approximate surface area is 271 Å². The van der Waals surface area contributed by atoms with Crippen LogP contribution in [-0.2, 0) is 20.8 Å². The van der Waals surface area contributed by atoms with Crippen LogP contribution in [0, 0.1) is 0 Å². The number of likely N-dealkylation sites (tertiary alicyclic amines) is 1. The van der Waals surface area contributed by atoms with Gasteiger partial charge in [0.15, 0.2) is 0 Å². The van der Waals surface area contributed by atoms with Crippen LogP contribution in [0.4, 0.5) is 5.95 Å². The van der Waals surface area contributed by atoms with Crippen LogP contribution in [0.2, 0.25) is 10.0 Å². The molecule has 45 heavy (non-hydrogen) atoms. The molecule has 0 atom stereocenters. The Morgan fingerprint density at radius 3 is 2.42 bits per heavy atom. The Balaban J connectivity index is 1.43. The molecule has 242 valence electrons. The van der Waals surface area contributed by atoms with Crippen molar-refractivity contribution in [3.8, 4) is 22.6 Å². The van der Waals surface area contributed by atoms with Crippen molar-refractivity contribution < 1.29 is 23.7 Å². The Bertz CT molecular complexity index is 1600. The van der Waals surface area contributed by atoms with E-state index in [2.05, 4.69) is 15.2 Å². The lowest BCUT2D eigenvalue weighted by Gasteiger charge is -2.38. The van der Waals surface area contributed by atoms with E-state index in [1.54, 1.807) is 33.9 Å². The van der Waals surface area contributed by atoms with E-state index in [0.29, 0.717) is 48.1 Å². The molecule has 3 aromatic rings. The van der Waals surface area contributed by atoms with Crippen LogP contribution in [0.5, 0.6) is 11.5 Å². The molecule has 1 amide bonds. The molecule has 0 bridgehead atoms. The van der Waals surface area contributed by atoms with Gasteiger partial charge in [-0.15, -0.1) is 0 Å². The SMILES string of the molecule is COc1cc(OC)c(Cl)c(-c2cc3cnc(NCCN4CCOCC4)nc3n(CCOC3CN(C(=O)C=C(C)C)C3)c2=O)c1Cl. The van der Waals surface area contributed by atoms with Crippen LogP contribution in [0.25, 0.3) is 22.2 Å². The summed E-state index contributed by atoms with van der Waals surface area (Å²) in [4.78, 5) is 39.7. The third-order valence-electron chi connectivity index (χ3n) is 7.73. The number of hydrogen-bond donors (Lipinski definition) is 1. The minimum Gasteiger partial charge on any atom is -0.495 e. The van der Waals surface area contributed by atoms with Crippen molar-refractivity contribution in [3.05, 3.63) is 50.4 Å². The normalized spacial score (nSPS) is 15.6. The average Bonchev–Trinajstić information content (AvgIpc) is 3.00. The van der Waals surface area contributed by atoms with Gasteiger partial charge in [-0.2, -0.15) is 4.98 Å². The van der Waals surface area contributed by atoms with E-state index >= 15 is 0 Å². The molecule has 12 nitrogen and oxygen atoms in total. The molecule has 14 heteroatoms. The highest BCUT2D eigenvalue weighted by Crippen LogP contribution is 2.45. The molecule has 0 spiro atoms. The van der Waals surface area contributed by atoms with Gasteiger partial charge in [0.1, 0.15) is 17.1 Å². The van der Waals surface area contributed by atoms with E-state index in [1.165, 1.54) is 14.2 Å². The predicted molar refractivity (Wildman–Crippen MR) is 174 cm³/mol.